The Labute approximate surface area is 177 Å². The molecule has 3 aromatic carbocycles. The van der Waals surface area contributed by atoms with Crippen LogP contribution in [0.2, 0.25) is 0 Å². The van der Waals surface area contributed by atoms with Crippen LogP contribution in [0.3, 0.4) is 0 Å². The summed E-state index contributed by atoms with van der Waals surface area (Å²) in [6.07, 6.45) is 4.85. The molecule has 1 aliphatic heterocycles. The van der Waals surface area contributed by atoms with Gasteiger partial charge in [-0.25, -0.2) is 23.1 Å². The highest BCUT2D eigenvalue weighted by molar-refractivity contribution is 5.98. The van der Waals surface area contributed by atoms with E-state index in [0.29, 0.717) is 0 Å². The third-order valence-electron chi connectivity index (χ3n) is 4.95. The van der Waals surface area contributed by atoms with Crippen LogP contribution in [0.4, 0.5) is 0 Å². The first-order valence-corrected chi connectivity index (χ1v) is 10.5. The molecule has 0 amide bonds. The van der Waals surface area contributed by atoms with Gasteiger partial charge in [-0.15, -0.1) is 10.2 Å². The van der Waals surface area contributed by atoms with Gasteiger partial charge >= 0.3 is 12.0 Å². The lowest BCUT2D eigenvalue weighted by molar-refractivity contribution is -2.00. The van der Waals surface area contributed by atoms with Crippen LogP contribution in [0.25, 0.3) is 0 Å². The zero-order valence-corrected chi connectivity index (χ0v) is 17.1. The van der Waals surface area contributed by atoms with E-state index < -0.39 is 10.2 Å². The van der Waals surface area contributed by atoms with Crippen LogP contribution in [0.1, 0.15) is 33.1 Å². The largest absolute Gasteiger partial charge is 0.337 e. The first-order valence-electron chi connectivity index (χ1n) is 9.28. The molecule has 0 spiro atoms. The molecule has 0 aromatic heterocycles. The monoisotopic (exact) mass is 424 g/mol. The molecule has 30 heavy (non-hydrogen) atoms. The first kappa shape index (κ1) is 21.9. The smallest absolute Gasteiger partial charge is 0.222 e. The van der Waals surface area contributed by atoms with E-state index in [2.05, 4.69) is 91.9 Å². The molecule has 6 heteroatoms. The first-order chi connectivity index (χ1) is 14.3. The standard InChI is InChI=1S/C24H21O.ClHO4/c1-19-12-14-22(15-13-19)24(21-10-6-3-7-11-21)16-17-25-23(18-24)20-8-4-2-5-9-20;2-1(3,4)5/h2-17H,18H2,1H3;(H,2,3,4,5)/q+1;/p-1. The van der Waals surface area contributed by atoms with Gasteiger partial charge in [0.1, 0.15) is 0 Å². The number of allylic oxidation sites excluding steroid dienone is 1. The number of benzene rings is 3. The summed E-state index contributed by atoms with van der Waals surface area (Å²) in [5.41, 5.74) is 4.77. The summed E-state index contributed by atoms with van der Waals surface area (Å²) in [5.74, 6) is 1.01. The molecule has 0 radical (unpaired) electrons. The van der Waals surface area contributed by atoms with Gasteiger partial charge in [0.25, 0.3) is 0 Å². The average Bonchev–Trinajstić information content (AvgIpc) is 2.74. The highest BCUT2D eigenvalue weighted by atomic mass is 35.7. The molecule has 5 nitrogen and oxygen atoms in total. The maximum Gasteiger partial charge on any atom is 0.337 e. The van der Waals surface area contributed by atoms with E-state index in [-0.39, 0.29) is 5.41 Å². The van der Waals surface area contributed by atoms with Gasteiger partial charge in [0.15, 0.2) is 0 Å². The second-order valence-electron chi connectivity index (χ2n) is 6.97. The topological polar surface area (TPSA) is 104 Å². The molecule has 0 saturated heterocycles. The van der Waals surface area contributed by atoms with E-state index in [4.69, 9.17) is 23.1 Å². The Morgan fingerprint density at radius 3 is 1.80 bits per heavy atom. The van der Waals surface area contributed by atoms with Crippen LogP contribution >= 0.6 is 0 Å². The summed E-state index contributed by atoms with van der Waals surface area (Å²) < 4.78 is 39.9. The van der Waals surface area contributed by atoms with Gasteiger partial charge in [-0.2, -0.15) is 0 Å². The summed E-state index contributed by atoms with van der Waals surface area (Å²) in [4.78, 5) is 0. The van der Waals surface area contributed by atoms with Gasteiger partial charge in [0.2, 0.25) is 0 Å². The molecule has 0 N–H and O–H groups in total. The van der Waals surface area contributed by atoms with Crippen molar-refractivity contribution in [2.24, 2.45) is 0 Å². The molecule has 1 atom stereocenters. The van der Waals surface area contributed by atoms with Crippen molar-refractivity contribution in [3.05, 3.63) is 120 Å². The Kier molecular flexibility index (Phi) is 6.82. The molecular formula is C24H21ClO5. The Morgan fingerprint density at radius 2 is 1.23 bits per heavy atom. The molecule has 1 unspecified atom stereocenters. The number of hydrogen-bond acceptors (Lipinski definition) is 4. The van der Waals surface area contributed by atoms with Crippen LogP contribution in [0.15, 0.2) is 97.3 Å². The van der Waals surface area contributed by atoms with Crippen LogP contribution in [0.5, 0.6) is 0 Å². The fraction of sp³-hybridized carbons (Fsp3) is 0.125. The van der Waals surface area contributed by atoms with Gasteiger partial charge in [0, 0.05) is 6.08 Å². The van der Waals surface area contributed by atoms with Crippen LogP contribution < -0.4 is 18.6 Å². The summed E-state index contributed by atoms with van der Waals surface area (Å²) >= 11 is 0. The minimum absolute atomic E-state index is 0.210. The molecule has 0 saturated carbocycles. The molecule has 0 fully saturated rings. The number of halogens is 1. The van der Waals surface area contributed by atoms with Crippen molar-refractivity contribution in [1.29, 1.82) is 0 Å². The quantitative estimate of drug-likeness (QED) is 0.581. The van der Waals surface area contributed by atoms with E-state index in [1.165, 1.54) is 16.7 Å². The third-order valence-corrected chi connectivity index (χ3v) is 4.95. The second kappa shape index (κ2) is 9.34. The van der Waals surface area contributed by atoms with E-state index in [1.807, 2.05) is 12.3 Å². The number of ketones is 1. The fourth-order valence-corrected chi connectivity index (χ4v) is 3.53. The average molecular weight is 425 g/mol. The zero-order valence-electron chi connectivity index (χ0n) is 16.4. The third kappa shape index (κ3) is 5.63. The lowest BCUT2D eigenvalue weighted by Gasteiger charge is -2.30. The van der Waals surface area contributed by atoms with Crippen molar-refractivity contribution in [2.75, 3.05) is 0 Å². The highest BCUT2D eigenvalue weighted by Gasteiger charge is 2.40. The lowest BCUT2D eigenvalue weighted by Crippen LogP contribution is -2.68. The molecule has 1 aliphatic rings. The minimum Gasteiger partial charge on any atom is -0.222 e. The van der Waals surface area contributed by atoms with Crippen molar-refractivity contribution in [3.8, 4) is 0 Å². The van der Waals surface area contributed by atoms with Crippen molar-refractivity contribution >= 4 is 5.78 Å². The van der Waals surface area contributed by atoms with Crippen LogP contribution in [-0.4, -0.2) is 5.78 Å². The number of hydrogen-bond donors (Lipinski definition) is 0. The Bertz CT molecular complexity index is 1000. The lowest BCUT2D eigenvalue weighted by atomic mass is 9.70. The Balaban J connectivity index is 0.000000461. The van der Waals surface area contributed by atoms with Crippen molar-refractivity contribution in [1.82, 2.24) is 0 Å². The minimum atomic E-state index is -4.94. The van der Waals surface area contributed by atoms with Crippen molar-refractivity contribution in [3.63, 3.8) is 0 Å². The van der Waals surface area contributed by atoms with E-state index in [9.17, 15) is 0 Å². The normalized spacial score (nSPS) is 18.2. The second-order valence-corrected chi connectivity index (χ2v) is 7.72. The van der Waals surface area contributed by atoms with Crippen LogP contribution in [-0.2, 0) is 5.41 Å². The van der Waals surface area contributed by atoms with E-state index in [0.717, 1.165) is 17.8 Å². The predicted octanol–water partition coefficient (Wildman–Crippen LogP) is 0.861. The van der Waals surface area contributed by atoms with Gasteiger partial charge < -0.3 is 0 Å². The van der Waals surface area contributed by atoms with Crippen molar-refractivity contribution < 1.29 is 33.3 Å². The summed E-state index contributed by atoms with van der Waals surface area (Å²) in [7, 11) is -4.94. The summed E-state index contributed by atoms with van der Waals surface area (Å²) in [6.45, 7) is 2.13. The highest BCUT2D eigenvalue weighted by Crippen LogP contribution is 2.40. The number of carbonyl (C=O) groups excluding carboxylic acids is 1. The van der Waals surface area contributed by atoms with Crippen LogP contribution in [0, 0.1) is 17.2 Å². The van der Waals surface area contributed by atoms with Gasteiger partial charge in [0.05, 0.1) is 17.4 Å². The summed E-state index contributed by atoms with van der Waals surface area (Å²) in [5, 5.41) is 0. The van der Waals surface area contributed by atoms with Gasteiger partial charge in [-0.05, 0) is 30.2 Å². The number of aryl methyl sites for hydroxylation is 1. The maximum atomic E-state index is 8.49. The zero-order chi connectivity index (χ0) is 21.6. The number of rotatable bonds is 3. The molecule has 4 rings (SSSR count). The van der Waals surface area contributed by atoms with E-state index in [1.54, 1.807) is 0 Å². The molecule has 3 aromatic rings. The molecular weight excluding hydrogens is 404 g/mol. The van der Waals surface area contributed by atoms with E-state index >= 15 is 0 Å². The van der Waals surface area contributed by atoms with Gasteiger partial charge in [-0.3, -0.25) is 0 Å². The molecule has 1 heterocycles. The van der Waals surface area contributed by atoms with Crippen molar-refractivity contribution in [2.45, 2.75) is 18.8 Å². The Hall–Kier alpha value is -2.80. The fourth-order valence-electron chi connectivity index (χ4n) is 3.53. The molecule has 154 valence electrons. The maximum absolute atomic E-state index is 8.49. The Morgan fingerprint density at radius 1 is 0.733 bits per heavy atom. The molecule has 0 aliphatic carbocycles. The van der Waals surface area contributed by atoms with Gasteiger partial charge in [-0.1, -0.05) is 78.4 Å². The summed E-state index contributed by atoms with van der Waals surface area (Å²) in [6, 6.07) is 29.9. The SMILES string of the molecule is Cc1ccc(C2(c3ccccc3)C=C[O+]=C(c3ccccc3)C2)cc1.[O-][Cl+3]([O-])([O-])[O-]. The predicted molar refractivity (Wildman–Crippen MR) is 103 cm³/mol. The molecule has 0 bridgehead atoms.